The van der Waals surface area contributed by atoms with Crippen molar-refractivity contribution in [3.8, 4) is 23.0 Å². The van der Waals surface area contributed by atoms with Crippen LogP contribution in [-0.2, 0) is 22.5 Å². The lowest BCUT2D eigenvalue weighted by Gasteiger charge is -2.29. The number of hydrogen-bond acceptors (Lipinski definition) is 7. The summed E-state index contributed by atoms with van der Waals surface area (Å²) in [5.41, 5.74) is 2.36. The van der Waals surface area contributed by atoms with E-state index >= 15 is 0 Å². The van der Waals surface area contributed by atoms with Crippen LogP contribution in [0.3, 0.4) is 0 Å². The molecule has 0 aromatic heterocycles. The average Bonchev–Trinajstić information content (AvgIpc) is 2.80. The molecule has 0 aliphatic carbocycles. The maximum Gasteiger partial charge on any atom is 0.341 e. The first-order chi connectivity index (χ1) is 14.5. The second-order valence-corrected chi connectivity index (χ2v) is 6.68. The number of ether oxygens (including phenoxy) is 5. The van der Waals surface area contributed by atoms with Crippen molar-refractivity contribution in [2.75, 3.05) is 41.6 Å². The summed E-state index contributed by atoms with van der Waals surface area (Å²) in [5, 5.41) is 0. The molecule has 1 heterocycles. The lowest BCUT2D eigenvalue weighted by atomic mass is 9.99. The molecule has 0 fully saturated rings. The Hall–Kier alpha value is -3.42. The first-order valence-electron chi connectivity index (χ1n) is 9.41. The molecule has 0 spiro atoms. The highest BCUT2D eigenvalue weighted by molar-refractivity contribution is 5.93. The highest BCUT2D eigenvalue weighted by atomic mass is 16.5. The van der Waals surface area contributed by atoms with Crippen molar-refractivity contribution >= 4 is 11.9 Å². The Kier molecular flexibility index (Phi) is 6.66. The van der Waals surface area contributed by atoms with E-state index in [-0.39, 0.29) is 23.8 Å². The largest absolute Gasteiger partial charge is 0.497 e. The molecule has 1 aliphatic rings. The average molecular weight is 415 g/mol. The van der Waals surface area contributed by atoms with Crippen LogP contribution in [-0.4, -0.2) is 58.4 Å². The Bertz CT molecular complexity index is 941. The first kappa shape index (κ1) is 21.3. The molecular weight excluding hydrogens is 390 g/mol. The number of esters is 1. The number of benzene rings is 2. The summed E-state index contributed by atoms with van der Waals surface area (Å²) in [6, 6.07) is 8.57. The monoisotopic (exact) mass is 415 g/mol. The Labute approximate surface area is 175 Å². The van der Waals surface area contributed by atoms with E-state index in [2.05, 4.69) is 0 Å². The summed E-state index contributed by atoms with van der Waals surface area (Å²) in [6.07, 6.45) is 0.702. The van der Waals surface area contributed by atoms with Crippen molar-refractivity contribution in [3.05, 3.63) is 47.0 Å². The molecule has 2 aromatic rings. The van der Waals surface area contributed by atoms with Gasteiger partial charge in [-0.1, -0.05) is 0 Å². The number of carbonyl (C=O) groups excluding carboxylic acids is 2. The van der Waals surface area contributed by atoms with Gasteiger partial charge >= 0.3 is 5.97 Å². The third kappa shape index (κ3) is 4.42. The smallest absolute Gasteiger partial charge is 0.341 e. The van der Waals surface area contributed by atoms with Gasteiger partial charge < -0.3 is 28.6 Å². The fourth-order valence-corrected chi connectivity index (χ4v) is 3.35. The van der Waals surface area contributed by atoms with E-state index in [4.69, 9.17) is 23.7 Å². The molecule has 3 rings (SSSR count). The van der Waals surface area contributed by atoms with Crippen LogP contribution in [0.25, 0.3) is 0 Å². The lowest BCUT2D eigenvalue weighted by Crippen LogP contribution is -2.39. The predicted octanol–water partition coefficient (Wildman–Crippen LogP) is 2.46. The summed E-state index contributed by atoms with van der Waals surface area (Å²) in [4.78, 5) is 26.4. The highest BCUT2D eigenvalue weighted by Crippen LogP contribution is 2.33. The molecule has 8 nitrogen and oxygen atoms in total. The zero-order valence-corrected chi connectivity index (χ0v) is 17.5. The molecule has 1 amide bonds. The van der Waals surface area contributed by atoms with Crippen LogP contribution >= 0.6 is 0 Å². The number of nitrogens with zero attached hydrogens (tertiary/aromatic N) is 1. The van der Waals surface area contributed by atoms with Crippen LogP contribution in [0.5, 0.6) is 23.0 Å². The van der Waals surface area contributed by atoms with Gasteiger partial charge in [0.1, 0.15) is 17.1 Å². The number of hydrogen-bond donors (Lipinski definition) is 0. The Morgan fingerprint density at radius 3 is 2.23 bits per heavy atom. The van der Waals surface area contributed by atoms with Gasteiger partial charge in [-0.25, -0.2) is 4.79 Å². The Morgan fingerprint density at radius 1 is 0.900 bits per heavy atom. The Morgan fingerprint density at radius 2 is 1.60 bits per heavy atom. The van der Waals surface area contributed by atoms with E-state index in [1.54, 1.807) is 37.3 Å². The van der Waals surface area contributed by atoms with E-state index in [0.717, 1.165) is 11.1 Å². The SMILES string of the molecule is COC(=O)c1ccc(OC)cc1OCC(=O)N1CCc2cc(OC)c(OC)cc2C1. The molecule has 0 unspecified atom stereocenters. The minimum Gasteiger partial charge on any atom is -0.497 e. The third-order valence-electron chi connectivity index (χ3n) is 5.02. The number of carbonyl (C=O) groups is 2. The summed E-state index contributed by atoms with van der Waals surface area (Å²) in [7, 11) is 5.98. The minimum absolute atomic E-state index is 0.186. The van der Waals surface area contributed by atoms with Gasteiger partial charge in [-0.3, -0.25) is 4.79 Å². The summed E-state index contributed by atoms with van der Waals surface area (Å²) in [6.45, 7) is 0.798. The first-order valence-corrected chi connectivity index (χ1v) is 9.41. The van der Waals surface area contributed by atoms with Gasteiger partial charge in [0.15, 0.2) is 18.1 Å². The van der Waals surface area contributed by atoms with Crippen LogP contribution in [0.2, 0.25) is 0 Å². The van der Waals surface area contributed by atoms with Gasteiger partial charge in [0.25, 0.3) is 5.91 Å². The maximum atomic E-state index is 12.8. The van der Waals surface area contributed by atoms with Crippen LogP contribution in [0.15, 0.2) is 30.3 Å². The van der Waals surface area contributed by atoms with Crippen LogP contribution in [0.1, 0.15) is 21.5 Å². The number of rotatable bonds is 7. The number of amides is 1. The molecule has 0 radical (unpaired) electrons. The predicted molar refractivity (Wildman–Crippen MR) is 108 cm³/mol. The van der Waals surface area contributed by atoms with Crippen molar-refractivity contribution < 1.29 is 33.3 Å². The van der Waals surface area contributed by atoms with Crippen molar-refractivity contribution in [2.24, 2.45) is 0 Å². The fraction of sp³-hybridized carbons (Fsp3) is 0.364. The zero-order valence-electron chi connectivity index (χ0n) is 17.5. The van der Waals surface area contributed by atoms with Gasteiger partial charge in [0.05, 0.1) is 28.4 Å². The standard InChI is InChI=1S/C22H25NO7/c1-26-16-5-6-17(22(25)29-4)18(11-16)30-13-21(24)23-8-7-14-9-19(27-2)20(28-3)10-15(14)12-23/h5-6,9-11H,7-8,12-13H2,1-4H3. The third-order valence-corrected chi connectivity index (χ3v) is 5.02. The number of methoxy groups -OCH3 is 4. The summed E-state index contributed by atoms with van der Waals surface area (Å²) >= 11 is 0. The summed E-state index contributed by atoms with van der Waals surface area (Å²) in [5.74, 6) is 1.31. The number of fused-ring (bicyclic) bond motifs is 1. The van der Waals surface area contributed by atoms with Gasteiger partial charge in [0, 0.05) is 19.2 Å². The van der Waals surface area contributed by atoms with E-state index in [1.807, 2.05) is 12.1 Å². The van der Waals surface area contributed by atoms with Crippen molar-refractivity contribution in [3.63, 3.8) is 0 Å². The molecule has 0 saturated heterocycles. The molecule has 0 atom stereocenters. The zero-order chi connectivity index (χ0) is 21.7. The molecule has 2 aromatic carbocycles. The van der Waals surface area contributed by atoms with E-state index in [0.29, 0.717) is 36.8 Å². The van der Waals surface area contributed by atoms with E-state index in [9.17, 15) is 9.59 Å². The van der Waals surface area contributed by atoms with Crippen LogP contribution in [0, 0.1) is 0 Å². The van der Waals surface area contributed by atoms with Crippen molar-refractivity contribution in [1.29, 1.82) is 0 Å². The van der Waals surface area contributed by atoms with Crippen molar-refractivity contribution in [1.82, 2.24) is 4.90 Å². The second kappa shape index (κ2) is 9.39. The van der Waals surface area contributed by atoms with Crippen LogP contribution < -0.4 is 18.9 Å². The quantitative estimate of drug-likeness (QED) is 0.643. The van der Waals surface area contributed by atoms with Gasteiger partial charge in [-0.15, -0.1) is 0 Å². The topological polar surface area (TPSA) is 83.5 Å². The normalized spacial score (nSPS) is 12.6. The minimum atomic E-state index is -0.548. The Balaban J connectivity index is 1.72. The molecule has 0 saturated carbocycles. The highest BCUT2D eigenvalue weighted by Gasteiger charge is 2.24. The van der Waals surface area contributed by atoms with Gasteiger partial charge in [-0.05, 0) is 41.8 Å². The second-order valence-electron chi connectivity index (χ2n) is 6.68. The van der Waals surface area contributed by atoms with Crippen molar-refractivity contribution in [2.45, 2.75) is 13.0 Å². The summed E-state index contributed by atoms with van der Waals surface area (Å²) < 4.78 is 26.3. The molecule has 160 valence electrons. The fourth-order valence-electron chi connectivity index (χ4n) is 3.35. The maximum absolute atomic E-state index is 12.8. The van der Waals surface area contributed by atoms with E-state index < -0.39 is 5.97 Å². The van der Waals surface area contributed by atoms with Crippen LogP contribution in [0.4, 0.5) is 0 Å². The van der Waals surface area contributed by atoms with Gasteiger partial charge in [0.2, 0.25) is 0 Å². The molecule has 8 heteroatoms. The molecule has 30 heavy (non-hydrogen) atoms. The van der Waals surface area contributed by atoms with E-state index in [1.165, 1.54) is 14.2 Å². The van der Waals surface area contributed by atoms with Gasteiger partial charge in [-0.2, -0.15) is 0 Å². The molecule has 0 bridgehead atoms. The lowest BCUT2D eigenvalue weighted by molar-refractivity contribution is -0.134. The molecule has 0 N–H and O–H groups in total. The molecular formula is C22H25NO7. The molecule has 1 aliphatic heterocycles.